The molecule has 0 aliphatic heterocycles. The van der Waals surface area contributed by atoms with E-state index in [0.29, 0.717) is 0 Å². The number of carbonyl (C=O) groups excluding carboxylic acids is 1. The van der Waals surface area contributed by atoms with Crippen LogP contribution in [-0.2, 0) is 4.79 Å². The lowest BCUT2D eigenvalue weighted by atomic mass is 10.1. The maximum atomic E-state index is 11.1. The first-order chi connectivity index (χ1) is 13.0. The first-order valence-corrected chi connectivity index (χ1v) is 8.86. The SMILES string of the molecule is CC(=O)NC(=S)Nc1cc2nn(-c3cccc4ccccc34)nc2cc1C. The molecule has 27 heavy (non-hydrogen) atoms. The third-order valence-corrected chi connectivity index (χ3v) is 4.45. The Bertz CT molecular complexity index is 1190. The van der Waals surface area contributed by atoms with Crippen LogP contribution in [0.2, 0.25) is 0 Å². The minimum Gasteiger partial charge on any atom is -0.332 e. The Kier molecular flexibility index (Phi) is 4.29. The Morgan fingerprint density at radius 3 is 2.52 bits per heavy atom. The fourth-order valence-electron chi connectivity index (χ4n) is 3.01. The van der Waals surface area contributed by atoms with E-state index in [-0.39, 0.29) is 11.0 Å². The van der Waals surface area contributed by atoms with E-state index in [1.165, 1.54) is 6.92 Å². The summed E-state index contributed by atoms with van der Waals surface area (Å²) < 4.78 is 0. The van der Waals surface area contributed by atoms with Crippen molar-refractivity contribution in [1.82, 2.24) is 20.3 Å². The predicted octanol–water partition coefficient (Wildman–Crippen LogP) is 3.72. The molecule has 4 aromatic rings. The van der Waals surface area contributed by atoms with Crippen molar-refractivity contribution in [3.63, 3.8) is 0 Å². The number of anilines is 1. The molecule has 1 heterocycles. The summed E-state index contributed by atoms with van der Waals surface area (Å²) in [5.74, 6) is -0.215. The molecule has 6 nitrogen and oxygen atoms in total. The van der Waals surface area contributed by atoms with Crippen LogP contribution >= 0.6 is 12.2 Å². The van der Waals surface area contributed by atoms with Gasteiger partial charge in [-0.25, -0.2) is 0 Å². The summed E-state index contributed by atoms with van der Waals surface area (Å²) in [5.41, 5.74) is 4.19. The molecular formula is C20H17N5OS. The Morgan fingerprint density at radius 2 is 1.74 bits per heavy atom. The number of nitrogens with one attached hydrogen (secondary N) is 2. The molecule has 0 radical (unpaired) electrons. The molecule has 1 amide bonds. The molecule has 0 saturated carbocycles. The van der Waals surface area contributed by atoms with Gasteiger partial charge in [0.1, 0.15) is 11.0 Å². The van der Waals surface area contributed by atoms with E-state index < -0.39 is 0 Å². The van der Waals surface area contributed by atoms with Crippen LogP contribution in [0.1, 0.15) is 12.5 Å². The van der Waals surface area contributed by atoms with Gasteiger partial charge in [-0.1, -0.05) is 36.4 Å². The van der Waals surface area contributed by atoms with Crippen LogP contribution in [0.4, 0.5) is 5.69 Å². The molecular weight excluding hydrogens is 358 g/mol. The minimum atomic E-state index is -0.215. The number of amides is 1. The monoisotopic (exact) mass is 375 g/mol. The Labute approximate surface area is 161 Å². The fourth-order valence-corrected chi connectivity index (χ4v) is 3.26. The molecule has 0 bridgehead atoms. The van der Waals surface area contributed by atoms with Gasteiger partial charge in [-0.15, -0.1) is 15.0 Å². The fraction of sp³-hybridized carbons (Fsp3) is 0.100. The largest absolute Gasteiger partial charge is 0.332 e. The van der Waals surface area contributed by atoms with Crippen molar-refractivity contribution in [3.05, 3.63) is 60.2 Å². The number of rotatable bonds is 2. The Morgan fingerprint density at radius 1 is 1.04 bits per heavy atom. The predicted molar refractivity (Wildman–Crippen MR) is 111 cm³/mol. The number of carbonyl (C=O) groups is 1. The zero-order valence-electron chi connectivity index (χ0n) is 14.9. The molecule has 0 saturated heterocycles. The molecule has 0 fully saturated rings. The van der Waals surface area contributed by atoms with Gasteiger partial charge in [0, 0.05) is 18.0 Å². The quantitative estimate of drug-likeness (QED) is 0.523. The molecule has 134 valence electrons. The van der Waals surface area contributed by atoms with Crippen molar-refractivity contribution < 1.29 is 4.79 Å². The van der Waals surface area contributed by atoms with Crippen molar-refractivity contribution in [2.75, 3.05) is 5.32 Å². The van der Waals surface area contributed by atoms with E-state index in [4.69, 9.17) is 12.2 Å². The Balaban J connectivity index is 1.76. The second kappa shape index (κ2) is 6.77. The molecule has 2 N–H and O–H groups in total. The number of thiocarbonyl (C=S) groups is 1. The van der Waals surface area contributed by atoms with Crippen LogP contribution in [0, 0.1) is 6.92 Å². The van der Waals surface area contributed by atoms with E-state index in [2.05, 4.69) is 39.0 Å². The van der Waals surface area contributed by atoms with Crippen LogP contribution < -0.4 is 10.6 Å². The van der Waals surface area contributed by atoms with Crippen molar-refractivity contribution >= 4 is 50.7 Å². The topological polar surface area (TPSA) is 71.8 Å². The number of fused-ring (bicyclic) bond motifs is 2. The minimum absolute atomic E-state index is 0.215. The molecule has 0 unspecified atom stereocenters. The lowest BCUT2D eigenvalue weighted by Crippen LogP contribution is -2.32. The molecule has 0 aliphatic rings. The Hall–Kier alpha value is -3.32. The van der Waals surface area contributed by atoms with E-state index in [9.17, 15) is 4.79 Å². The highest BCUT2D eigenvalue weighted by atomic mass is 32.1. The third kappa shape index (κ3) is 3.37. The van der Waals surface area contributed by atoms with Gasteiger partial charge in [0.15, 0.2) is 5.11 Å². The van der Waals surface area contributed by atoms with Gasteiger partial charge in [-0.05, 0) is 48.3 Å². The van der Waals surface area contributed by atoms with Gasteiger partial charge in [-0.3, -0.25) is 4.79 Å². The molecule has 1 aromatic heterocycles. The van der Waals surface area contributed by atoms with Gasteiger partial charge in [0.25, 0.3) is 0 Å². The summed E-state index contributed by atoms with van der Waals surface area (Å²) in [5, 5.41) is 17.3. The summed E-state index contributed by atoms with van der Waals surface area (Å²) >= 11 is 5.14. The van der Waals surface area contributed by atoms with Crippen molar-refractivity contribution in [2.45, 2.75) is 13.8 Å². The molecule has 0 atom stereocenters. The lowest BCUT2D eigenvalue weighted by Gasteiger charge is -2.10. The first-order valence-electron chi connectivity index (χ1n) is 8.46. The summed E-state index contributed by atoms with van der Waals surface area (Å²) in [4.78, 5) is 12.8. The highest BCUT2D eigenvalue weighted by molar-refractivity contribution is 7.80. The molecule has 0 spiro atoms. The maximum absolute atomic E-state index is 11.1. The highest BCUT2D eigenvalue weighted by Gasteiger charge is 2.11. The molecule has 3 aromatic carbocycles. The molecule has 7 heteroatoms. The van der Waals surface area contributed by atoms with Crippen molar-refractivity contribution in [3.8, 4) is 5.69 Å². The van der Waals surface area contributed by atoms with Gasteiger partial charge in [-0.2, -0.15) is 0 Å². The lowest BCUT2D eigenvalue weighted by molar-refractivity contribution is -0.117. The average molecular weight is 375 g/mol. The van der Waals surface area contributed by atoms with Crippen LogP contribution in [0.3, 0.4) is 0 Å². The molecule has 0 aliphatic carbocycles. The molecule has 4 rings (SSSR count). The summed E-state index contributed by atoms with van der Waals surface area (Å²) in [6.45, 7) is 3.37. The van der Waals surface area contributed by atoms with Crippen molar-refractivity contribution in [2.24, 2.45) is 0 Å². The zero-order valence-corrected chi connectivity index (χ0v) is 15.7. The van der Waals surface area contributed by atoms with Gasteiger partial charge >= 0.3 is 0 Å². The standard InChI is InChI=1S/C20H17N5OS/c1-12-10-17-18(11-16(12)22-20(27)21-13(2)26)24-25(23-17)19-9-5-7-14-6-3-4-8-15(14)19/h3-11H,1-2H3,(H2,21,22,26,27). The number of hydrogen-bond donors (Lipinski definition) is 2. The van der Waals surface area contributed by atoms with Gasteiger partial charge in [0.05, 0.1) is 5.69 Å². The number of benzene rings is 3. The second-order valence-electron chi connectivity index (χ2n) is 6.28. The summed E-state index contributed by atoms with van der Waals surface area (Å²) in [6.07, 6.45) is 0. The van der Waals surface area contributed by atoms with Gasteiger partial charge < -0.3 is 10.6 Å². The van der Waals surface area contributed by atoms with E-state index >= 15 is 0 Å². The summed E-state index contributed by atoms with van der Waals surface area (Å²) in [7, 11) is 0. The maximum Gasteiger partial charge on any atom is 0.222 e. The second-order valence-corrected chi connectivity index (χ2v) is 6.69. The first kappa shape index (κ1) is 17.1. The third-order valence-electron chi connectivity index (χ3n) is 4.25. The van der Waals surface area contributed by atoms with Crippen LogP contribution in [-0.4, -0.2) is 26.0 Å². The number of aryl methyl sites for hydroxylation is 1. The van der Waals surface area contributed by atoms with Crippen LogP contribution in [0.5, 0.6) is 0 Å². The summed E-state index contributed by atoms with van der Waals surface area (Å²) in [6, 6.07) is 18.0. The van der Waals surface area contributed by atoms with Gasteiger partial charge in [0.2, 0.25) is 5.91 Å². The van der Waals surface area contributed by atoms with Crippen LogP contribution in [0.25, 0.3) is 27.5 Å². The number of hydrogen-bond acceptors (Lipinski definition) is 4. The number of aromatic nitrogens is 3. The zero-order chi connectivity index (χ0) is 19.0. The van der Waals surface area contributed by atoms with E-state index in [1.54, 1.807) is 4.80 Å². The number of nitrogens with zero attached hydrogens (tertiary/aromatic N) is 3. The van der Waals surface area contributed by atoms with Crippen LogP contribution in [0.15, 0.2) is 54.6 Å². The average Bonchev–Trinajstić information content (AvgIpc) is 3.03. The highest BCUT2D eigenvalue weighted by Crippen LogP contribution is 2.25. The van der Waals surface area contributed by atoms with Crippen molar-refractivity contribution in [1.29, 1.82) is 0 Å². The van der Waals surface area contributed by atoms with E-state index in [0.717, 1.165) is 38.7 Å². The van der Waals surface area contributed by atoms with E-state index in [1.807, 2.05) is 43.3 Å². The smallest absolute Gasteiger partial charge is 0.222 e. The normalized spacial score (nSPS) is 10.9.